The first kappa shape index (κ1) is 15.5. The summed E-state index contributed by atoms with van der Waals surface area (Å²) in [6.07, 6.45) is 0. The number of nitro groups is 1. The molecule has 0 atom stereocenters. The van der Waals surface area contributed by atoms with Gasteiger partial charge in [0.05, 0.1) is 16.1 Å². The first-order chi connectivity index (χ1) is 11.4. The lowest BCUT2D eigenvalue weighted by atomic mass is 10.1. The van der Waals surface area contributed by atoms with Crippen molar-refractivity contribution in [1.82, 2.24) is 0 Å². The molecular weight excluding hydrogens is 326 g/mol. The molecule has 2 amide bonds. The highest BCUT2D eigenvalue weighted by Gasteiger charge is 2.38. The highest BCUT2D eigenvalue weighted by molar-refractivity contribution is 6.34. The van der Waals surface area contributed by atoms with Crippen LogP contribution in [0.15, 0.2) is 42.5 Å². The Morgan fingerprint density at radius 2 is 1.62 bits per heavy atom. The van der Waals surface area contributed by atoms with E-state index in [4.69, 9.17) is 0 Å². The van der Waals surface area contributed by atoms with Crippen molar-refractivity contribution in [2.24, 2.45) is 0 Å². The average Bonchev–Trinajstić information content (AvgIpc) is 2.79. The molecule has 3 rings (SSSR count). The molecule has 2 aromatic carbocycles. The van der Waals surface area contributed by atoms with E-state index in [9.17, 15) is 28.5 Å². The van der Waals surface area contributed by atoms with Gasteiger partial charge in [0.2, 0.25) is 0 Å². The predicted molar refractivity (Wildman–Crippen MR) is 77.3 cm³/mol. The van der Waals surface area contributed by atoms with Gasteiger partial charge in [-0.2, -0.15) is 8.78 Å². The third-order valence-corrected chi connectivity index (χ3v) is 3.40. The predicted octanol–water partition coefficient (Wildman–Crippen LogP) is 3.00. The third kappa shape index (κ3) is 2.45. The van der Waals surface area contributed by atoms with Crippen LogP contribution >= 0.6 is 0 Å². The summed E-state index contributed by atoms with van der Waals surface area (Å²) in [7, 11) is 0. The van der Waals surface area contributed by atoms with Crippen LogP contribution < -0.4 is 9.64 Å². The maximum Gasteiger partial charge on any atom is 0.387 e. The van der Waals surface area contributed by atoms with Gasteiger partial charge >= 0.3 is 6.61 Å². The molecule has 0 unspecified atom stereocenters. The number of imide groups is 1. The molecule has 0 fully saturated rings. The molecule has 1 heterocycles. The van der Waals surface area contributed by atoms with Gasteiger partial charge in [-0.15, -0.1) is 0 Å². The summed E-state index contributed by atoms with van der Waals surface area (Å²) in [6, 6.07) is 8.60. The van der Waals surface area contributed by atoms with E-state index in [-0.39, 0.29) is 11.1 Å². The molecule has 1 aliphatic heterocycles. The number of alkyl halides is 2. The molecule has 0 saturated heterocycles. The monoisotopic (exact) mass is 334 g/mol. The summed E-state index contributed by atoms with van der Waals surface area (Å²) in [4.78, 5) is 35.6. The number of non-ortho nitro benzene ring substituents is 1. The Balaban J connectivity index is 2.14. The lowest BCUT2D eigenvalue weighted by molar-refractivity contribution is -0.384. The highest BCUT2D eigenvalue weighted by Crippen LogP contribution is 2.38. The molecule has 0 saturated carbocycles. The summed E-state index contributed by atoms with van der Waals surface area (Å²) in [6.45, 7) is -3.22. The Labute approximate surface area is 133 Å². The standard InChI is InChI=1S/C15H8F2N2O5/c16-15(17)24-12-6-5-8(19(22)23)7-11(12)18-13(20)9-3-1-2-4-10(9)14(18)21/h1-7,15H. The number of nitrogens with zero attached hydrogens (tertiary/aromatic N) is 2. The number of anilines is 1. The zero-order valence-electron chi connectivity index (χ0n) is 11.8. The number of hydrogen-bond acceptors (Lipinski definition) is 5. The quantitative estimate of drug-likeness (QED) is 0.487. The van der Waals surface area contributed by atoms with Gasteiger partial charge in [-0.25, -0.2) is 4.90 Å². The van der Waals surface area contributed by atoms with Gasteiger partial charge in [0.25, 0.3) is 17.5 Å². The number of carbonyl (C=O) groups excluding carboxylic acids is 2. The lowest BCUT2D eigenvalue weighted by Gasteiger charge is -2.17. The van der Waals surface area contributed by atoms with E-state index in [2.05, 4.69) is 4.74 Å². The van der Waals surface area contributed by atoms with E-state index in [1.165, 1.54) is 24.3 Å². The second-order valence-electron chi connectivity index (χ2n) is 4.78. The maximum absolute atomic E-state index is 12.6. The highest BCUT2D eigenvalue weighted by atomic mass is 19.3. The van der Waals surface area contributed by atoms with Crippen LogP contribution in [0.4, 0.5) is 20.2 Å². The summed E-state index contributed by atoms with van der Waals surface area (Å²) >= 11 is 0. The van der Waals surface area contributed by atoms with E-state index in [1.54, 1.807) is 0 Å². The van der Waals surface area contributed by atoms with Gasteiger partial charge in [-0.1, -0.05) is 12.1 Å². The number of hydrogen-bond donors (Lipinski definition) is 0. The van der Waals surface area contributed by atoms with Crippen molar-refractivity contribution in [2.45, 2.75) is 6.61 Å². The second kappa shape index (κ2) is 5.69. The van der Waals surface area contributed by atoms with Crippen LogP contribution in [0.3, 0.4) is 0 Å². The minimum Gasteiger partial charge on any atom is -0.433 e. The number of benzene rings is 2. The zero-order valence-corrected chi connectivity index (χ0v) is 11.8. The van der Waals surface area contributed by atoms with Crippen LogP contribution in [-0.4, -0.2) is 23.3 Å². The number of carbonyl (C=O) groups is 2. The van der Waals surface area contributed by atoms with Crippen LogP contribution in [-0.2, 0) is 0 Å². The molecule has 1 aliphatic rings. The molecule has 0 N–H and O–H groups in total. The normalized spacial score (nSPS) is 13.4. The largest absolute Gasteiger partial charge is 0.433 e. The smallest absolute Gasteiger partial charge is 0.387 e. The van der Waals surface area contributed by atoms with Crippen molar-refractivity contribution in [3.05, 3.63) is 63.7 Å². The fourth-order valence-corrected chi connectivity index (χ4v) is 2.40. The number of rotatable bonds is 4. The topological polar surface area (TPSA) is 89.8 Å². The Morgan fingerprint density at radius 1 is 1.04 bits per heavy atom. The zero-order chi connectivity index (χ0) is 17.4. The van der Waals surface area contributed by atoms with Crippen molar-refractivity contribution < 1.29 is 28.0 Å². The van der Waals surface area contributed by atoms with Crippen LogP contribution in [0, 0.1) is 10.1 Å². The first-order valence-electron chi connectivity index (χ1n) is 6.61. The van der Waals surface area contributed by atoms with E-state index in [1.807, 2.05) is 0 Å². The van der Waals surface area contributed by atoms with E-state index >= 15 is 0 Å². The summed E-state index contributed by atoms with van der Waals surface area (Å²) in [5.41, 5.74) is -0.715. The van der Waals surface area contributed by atoms with E-state index in [0.717, 1.165) is 18.2 Å². The number of amides is 2. The second-order valence-corrected chi connectivity index (χ2v) is 4.78. The van der Waals surface area contributed by atoms with Gasteiger partial charge in [0, 0.05) is 12.1 Å². The fraction of sp³-hybridized carbons (Fsp3) is 0.0667. The van der Waals surface area contributed by atoms with Crippen LogP contribution in [0.25, 0.3) is 0 Å². The fourth-order valence-electron chi connectivity index (χ4n) is 2.40. The van der Waals surface area contributed by atoms with E-state index in [0.29, 0.717) is 4.90 Å². The van der Waals surface area contributed by atoms with Crippen molar-refractivity contribution in [1.29, 1.82) is 0 Å². The molecule has 0 bridgehead atoms. The number of fused-ring (bicyclic) bond motifs is 1. The van der Waals surface area contributed by atoms with Gasteiger partial charge < -0.3 is 4.74 Å². The van der Waals surface area contributed by atoms with Crippen molar-refractivity contribution in [2.75, 3.05) is 4.90 Å². The molecule has 0 aliphatic carbocycles. The molecule has 0 radical (unpaired) electrons. The lowest BCUT2D eigenvalue weighted by Crippen LogP contribution is -2.30. The minimum atomic E-state index is -3.22. The average molecular weight is 334 g/mol. The minimum absolute atomic E-state index is 0.0806. The molecule has 122 valence electrons. The molecule has 0 spiro atoms. The molecule has 2 aromatic rings. The molecule has 7 nitrogen and oxygen atoms in total. The van der Waals surface area contributed by atoms with Crippen LogP contribution in [0.1, 0.15) is 20.7 Å². The number of ether oxygens (including phenoxy) is 1. The first-order valence-corrected chi connectivity index (χ1v) is 6.61. The summed E-state index contributed by atoms with van der Waals surface area (Å²) in [5, 5.41) is 10.9. The van der Waals surface area contributed by atoms with Gasteiger partial charge in [0.15, 0.2) is 5.75 Å². The maximum atomic E-state index is 12.6. The Kier molecular flexibility index (Phi) is 3.68. The van der Waals surface area contributed by atoms with Gasteiger partial charge in [-0.05, 0) is 18.2 Å². The number of halogens is 2. The molecule has 0 aromatic heterocycles. The van der Waals surface area contributed by atoms with Crippen molar-refractivity contribution >= 4 is 23.2 Å². The number of nitro benzene ring substituents is 1. The van der Waals surface area contributed by atoms with Gasteiger partial charge in [-0.3, -0.25) is 19.7 Å². The van der Waals surface area contributed by atoms with Crippen LogP contribution in [0.2, 0.25) is 0 Å². The van der Waals surface area contributed by atoms with Crippen molar-refractivity contribution in [3.8, 4) is 5.75 Å². The third-order valence-electron chi connectivity index (χ3n) is 3.40. The molecular formula is C15H8F2N2O5. The SMILES string of the molecule is O=C1c2ccccc2C(=O)N1c1cc([N+](=O)[O-])ccc1OC(F)F. The Bertz CT molecular complexity index is 834. The van der Waals surface area contributed by atoms with E-state index < -0.39 is 40.5 Å². The molecule has 9 heteroatoms. The van der Waals surface area contributed by atoms with Crippen LogP contribution in [0.5, 0.6) is 5.75 Å². The summed E-state index contributed by atoms with van der Waals surface area (Å²) < 4.78 is 29.4. The Morgan fingerprint density at radius 3 is 2.12 bits per heavy atom. The summed E-state index contributed by atoms with van der Waals surface area (Å²) in [5.74, 6) is -2.05. The Hall–Kier alpha value is -3.36. The van der Waals surface area contributed by atoms with Crippen molar-refractivity contribution in [3.63, 3.8) is 0 Å². The van der Waals surface area contributed by atoms with Gasteiger partial charge in [0.1, 0.15) is 5.69 Å². The molecule has 24 heavy (non-hydrogen) atoms.